The zero-order chi connectivity index (χ0) is 27.3. The van der Waals surface area contributed by atoms with Gasteiger partial charge in [0, 0.05) is 66.4 Å². The van der Waals surface area contributed by atoms with Crippen LogP contribution in [0.4, 0.5) is 0 Å². The van der Waals surface area contributed by atoms with Gasteiger partial charge in [0.2, 0.25) is 0 Å². The molecule has 0 spiro atoms. The molecule has 3 heterocycles. The normalized spacial score (nSPS) is 14.0. The molecule has 3 aromatic rings. The van der Waals surface area contributed by atoms with E-state index in [4.69, 9.17) is 11.6 Å². The molecule has 2 aromatic heterocycles. The first-order valence-electron chi connectivity index (χ1n) is 14.1. The maximum atomic E-state index is 12.8. The molecular formula is C30H38ClN5O2S. The van der Waals surface area contributed by atoms with Gasteiger partial charge in [0.15, 0.2) is 10.9 Å². The van der Waals surface area contributed by atoms with Crippen molar-refractivity contribution in [3.05, 3.63) is 81.3 Å². The number of benzene rings is 1. The Hall–Kier alpha value is -2.55. The first kappa shape index (κ1) is 29.4. The van der Waals surface area contributed by atoms with Crippen LogP contribution in [0.1, 0.15) is 79.5 Å². The second kappa shape index (κ2) is 15.9. The summed E-state index contributed by atoms with van der Waals surface area (Å²) in [6.45, 7) is 4.08. The lowest BCUT2D eigenvalue weighted by atomic mass is 10.0. The van der Waals surface area contributed by atoms with Crippen LogP contribution in [-0.4, -0.2) is 55.6 Å². The van der Waals surface area contributed by atoms with Gasteiger partial charge in [-0.05, 0) is 69.1 Å². The smallest absolute Gasteiger partial charge is 0.277 e. The van der Waals surface area contributed by atoms with Crippen molar-refractivity contribution in [2.45, 2.75) is 75.9 Å². The second-order valence-electron chi connectivity index (χ2n) is 10.1. The van der Waals surface area contributed by atoms with Gasteiger partial charge in [-0.15, -0.1) is 0 Å². The second-order valence-corrected chi connectivity index (χ2v) is 11.6. The van der Waals surface area contributed by atoms with Crippen LogP contribution < -0.4 is 5.56 Å². The number of halogens is 1. The number of piperidine rings is 1. The summed E-state index contributed by atoms with van der Waals surface area (Å²) in [6, 6.07) is 8.90. The molecule has 0 unspecified atom stereocenters. The molecule has 0 saturated carbocycles. The van der Waals surface area contributed by atoms with Crippen molar-refractivity contribution in [3.8, 4) is 0 Å². The standard InChI is InChI=1S/C30H38ClN5O2S/c31-26-13-11-24(12-14-26)27(37)10-5-2-1-3-8-21-39-30-34-29(38)25(22-28-32-15-9-16-33-28)23-36(30)20-19-35-17-6-4-7-18-35/h9,11-16,23H,1-8,10,17-22H2. The summed E-state index contributed by atoms with van der Waals surface area (Å²) in [6.07, 6.45) is 15.4. The molecule has 1 fully saturated rings. The van der Waals surface area contributed by atoms with E-state index in [9.17, 15) is 9.59 Å². The van der Waals surface area contributed by atoms with E-state index in [2.05, 4.69) is 24.4 Å². The fourth-order valence-corrected chi connectivity index (χ4v) is 5.92. The number of hydrogen-bond acceptors (Lipinski definition) is 7. The number of carbonyl (C=O) groups excluding carboxylic acids is 1. The summed E-state index contributed by atoms with van der Waals surface area (Å²) in [7, 11) is 0. The van der Waals surface area contributed by atoms with Crippen LogP contribution in [0.15, 0.2) is 58.9 Å². The molecule has 1 aliphatic heterocycles. The van der Waals surface area contributed by atoms with E-state index in [1.807, 2.05) is 6.20 Å². The van der Waals surface area contributed by atoms with Gasteiger partial charge in [0.25, 0.3) is 5.56 Å². The van der Waals surface area contributed by atoms with Crippen molar-refractivity contribution >= 4 is 29.1 Å². The highest BCUT2D eigenvalue weighted by molar-refractivity contribution is 7.99. The predicted molar refractivity (Wildman–Crippen MR) is 158 cm³/mol. The number of rotatable bonds is 15. The summed E-state index contributed by atoms with van der Waals surface area (Å²) in [5.41, 5.74) is 1.18. The molecule has 39 heavy (non-hydrogen) atoms. The lowest BCUT2D eigenvalue weighted by molar-refractivity contribution is 0.0979. The van der Waals surface area contributed by atoms with Crippen LogP contribution in [0.5, 0.6) is 0 Å². The molecule has 0 N–H and O–H groups in total. The quantitative estimate of drug-likeness (QED) is 0.0952. The highest BCUT2D eigenvalue weighted by atomic mass is 35.5. The van der Waals surface area contributed by atoms with Gasteiger partial charge in [0.1, 0.15) is 5.82 Å². The van der Waals surface area contributed by atoms with Gasteiger partial charge in [-0.1, -0.05) is 49.0 Å². The lowest BCUT2D eigenvalue weighted by Gasteiger charge is -2.27. The fraction of sp³-hybridized carbons (Fsp3) is 0.500. The van der Waals surface area contributed by atoms with Crippen LogP contribution >= 0.6 is 23.4 Å². The molecule has 4 rings (SSSR count). The molecule has 0 radical (unpaired) electrons. The Morgan fingerprint density at radius 2 is 1.64 bits per heavy atom. The van der Waals surface area contributed by atoms with Crippen molar-refractivity contribution in [3.63, 3.8) is 0 Å². The van der Waals surface area contributed by atoms with Gasteiger partial charge in [-0.2, -0.15) is 4.98 Å². The maximum Gasteiger partial charge on any atom is 0.277 e. The van der Waals surface area contributed by atoms with E-state index in [-0.39, 0.29) is 11.3 Å². The Bertz CT molecular complexity index is 1230. The zero-order valence-corrected chi connectivity index (χ0v) is 24.1. The monoisotopic (exact) mass is 567 g/mol. The van der Waals surface area contributed by atoms with Crippen molar-refractivity contribution in [2.24, 2.45) is 0 Å². The molecule has 1 saturated heterocycles. The maximum absolute atomic E-state index is 12.8. The molecule has 1 aliphatic rings. The summed E-state index contributed by atoms with van der Waals surface area (Å²) in [4.78, 5) is 40.7. The summed E-state index contributed by atoms with van der Waals surface area (Å²) >= 11 is 7.57. The highest BCUT2D eigenvalue weighted by Gasteiger charge is 2.14. The van der Waals surface area contributed by atoms with Crippen molar-refractivity contribution in [1.29, 1.82) is 0 Å². The summed E-state index contributed by atoms with van der Waals surface area (Å²) < 4.78 is 2.15. The highest BCUT2D eigenvalue weighted by Crippen LogP contribution is 2.19. The first-order valence-corrected chi connectivity index (χ1v) is 15.4. The predicted octanol–water partition coefficient (Wildman–Crippen LogP) is 6.08. The molecule has 9 heteroatoms. The third-order valence-corrected chi connectivity index (χ3v) is 8.38. The average molecular weight is 568 g/mol. The first-order chi connectivity index (χ1) is 19.1. The largest absolute Gasteiger partial charge is 0.326 e. The van der Waals surface area contributed by atoms with E-state index in [0.717, 1.165) is 74.8 Å². The van der Waals surface area contributed by atoms with Gasteiger partial charge >= 0.3 is 0 Å². The minimum atomic E-state index is -0.190. The van der Waals surface area contributed by atoms with Crippen molar-refractivity contribution in [1.82, 2.24) is 24.4 Å². The molecule has 0 aliphatic carbocycles. The molecule has 1 aromatic carbocycles. The van der Waals surface area contributed by atoms with Crippen LogP contribution in [0.2, 0.25) is 5.02 Å². The number of aromatic nitrogens is 4. The number of hydrogen-bond donors (Lipinski definition) is 0. The third-order valence-electron chi connectivity index (χ3n) is 7.05. The Morgan fingerprint density at radius 1 is 0.923 bits per heavy atom. The number of ketones is 1. The van der Waals surface area contributed by atoms with E-state index >= 15 is 0 Å². The minimum Gasteiger partial charge on any atom is -0.326 e. The fourth-order valence-electron chi connectivity index (χ4n) is 4.80. The van der Waals surface area contributed by atoms with E-state index < -0.39 is 0 Å². The van der Waals surface area contributed by atoms with E-state index in [0.29, 0.717) is 29.3 Å². The number of nitrogens with zero attached hydrogens (tertiary/aromatic N) is 5. The van der Waals surface area contributed by atoms with Crippen LogP contribution in [0.25, 0.3) is 0 Å². The Labute approximate surface area is 240 Å². The van der Waals surface area contributed by atoms with Gasteiger partial charge in [-0.25, -0.2) is 9.97 Å². The lowest BCUT2D eigenvalue weighted by Crippen LogP contribution is -2.33. The Morgan fingerprint density at radius 3 is 2.41 bits per heavy atom. The number of thioether (sulfide) groups is 1. The van der Waals surface area contributed by atoms with Crippen LogP contribution in [-0.2, 0) is 13.0 Å². The number of carbonyl (C=O) groups is 1. The topological polar surface area (TPSA) is 81.0 Å². The molecule has 0 atom stereocenters. The number of likely N-dealkylation sites (tertiary alicyclic amines) is 1. The van der Waals surface area contributed by atoms with Crippen molar-refractivity contribution < 1.29 is 4.79 Å². The molecule has 0 bridgehead atoms. The Kier molecular flexibility index (Phi) is 12.0. The van der Waals surface area contributed by atoms with E-state index in [1.165, 1.54) is 19.3 Å². The summed E-state index contributed by atoms with van der Waals surface area (Å²) in [5, 5.41) is 1.44. The molecular weight excluding hydrogens is 530 g/mol. The average Bonchev–Trinajstić information content (AvgIpc) is 2.96. The third kappa shape index (κ3) is 9.85. The van der Waals surface area contributed by atoms with E-state index in [1.54, 1.807) is 54.5 Å². The minimum absolute atomic E-state index is 0.179. The number of Topliss-reactive ketones (excluding diaryl/α,β-unsaturated/α-hetero) is 1. The zero-order valence-electron chi connectivity index (χ0n) is 22.6. The van der Waals surface area contributed by atoms with Crippen LogP contribution in [0.3, 0.4) is 0 Å². The molecule has 0 amide bonds. The molecule has 7 nitrogen and oxygen atoms in total. The number of unbranched alkanes of at least 4 members (excludes halogenated alkanes) is 4. The van der Waals surface area contributed by atoms with Gasteiger partial charge in [-0.3, -0.25) is 9.59 Å². The Balaban J connectivity index is 1.24. The van der Waals surface area contributed by atoms with Gasteiger partial charge in [0.05, 0.1) is 0 Å². The van der Waals surface area contributed by atoms with Crippen LogP contribution in [0, 0.1) is 0 Å². The van der Waals surface area contributed by atoms with Crippen molar-refractivity contribution in [2.75, 3.05) is 25.4 Å². The molecule has 208 valence electrons. The van der Waals surface area contributed by atoms with Gasteiger partial charge < -0.3 is 9.47 Å². The summed E-state index contributed by atoms with van der Waals surface area (Å²) in [5.74, 6) is 1.73. The SMILES string of the molecule is O=C(CCCCCCCSc1nc(=O)c(Cc2ncccn2)cn1CCN1CCCCC1)c1ccc(Cl)cc1.